The van der Waals surface area contributed by atoms with Crippen molar-refractivity contribution in [1.29, 1.82) is 0 Å². The molecule has 3 rings (SSSR count). The zero-order valence-corrected chi connectivity index (χ0v) is 15.8. The summed E-state index contributed by atoms with van der Waals surface area (Å²) in [7, 11) is 0. The molecule has 0 saturated carbocycles. The molecule has 0 aliphatic rings. The number of aromatic nitrogens is 3. The minimum Gasteiger partial charge on any atom is -0.341 e. The first-order valence-corrected chi connectivity index (χ1v) is 9.80. The van der Waals surface area contributed by atoms with Crippen LogP contribution < -0.4 is 5.32 Å². The molecule has 1 amide bonds. The lowest BCUT2D eigenvalue weighted by atomic mass is 10.2. The molecule has 130 valence electrons. The van der Waals surface area contributed by atoms with Crippen molar-refractivity contribution in [2.24, 2.45) is 0 Å². The van der Waals surface area contributed by atoms with Crippen LogP contribution in [0.15, 0.2) is 36.4 Å². The number of benzene rings is 1. The van der Waals surface area contributed by atoms with Crippen molar-refractivity contribution in [3.63, 3.8) is 0 Å². The van der Waals surface area contributed by atoms with Crippen LogP contribution in [0.4, 0.5) is 0 Å². The van der Waals surface area contributed by atoms with Crippen molar-refractivity contribution in [3.8, 4) is 0 Å². The average molecular weight is 395 g/mol. The van der Waals surface area contributed by atoms with Crippen LogP contribution in [0.5, 0.6) is 0 Å². The standard InChI is InChI=1S/C17H16Cl2N4OS/c1-25-9-8-13(16-20-11-4-2-3-5-12(11)21-16)22-17(24)15-10(18)6-7-14(19)23-15/h2-7,13H,8-9H2,1H3,(H,20,21)(H,22,24). The highest BCUT2D eigenvalue weighted by Crippen LogP contribution is 2.22. The Morgan fingerprint density at radius 3 is 2.80 bits per heavy atom. The van der Waals surface area contributed by atoms with Gasteiger partial charge in [-0.15, -0.1) is 0 Å². The van der Waals surface area contributed by atoms with Gasteiger partial charge < -0.3 is 10.3 Å². The minimum absolute atomic E-state index is 0.111. The van der Waals surface area contributed by atoms with Gasteiger partial charge in [-0.2, -0.15) is 11.8 Å². The van der Waals surface area contributed by atoms with Crippen LogP contribution >= 0.6 is 35.0 Å². The largest absolute Gasteiger partial charge is 0.341 e. The molecule has 2 heterocycles. The van der Waals surface area contributed by atoms with Crippen LogP contribution in [0.1, 0.15) is 28.8 Å². The number of pyridine rings is 1. The third kappa shape index (κ3) is 4.26. The number of carbonyl (C=O) groups is 1. The van der Waals surface area contributed by atoms with Gasteiger partial charge in [-0.1, -0.05) is 35.3 Å². The summed E-state index contributed by atoms with van der Waals surface area (Å²) in [6.07, 6.45) is 2.75. The molecule has 25 heavy (non-hydrogen) atoms. The number of imidazole rings is 1. The summed E-state index contributed by atoms with van der Waals surface area (Å²) < 4.78 is 0. The maximum absolute atomic E-state index is 12.6. The van der Waals surface area contributed by atoms with Gasteiger partial charge >= 0.3 is 0 Å². The molecular weight excluding hydrogens is 379 g/mol. The molecule has 5 nitrogen and oxygen atoms in total. The van der Waals surface area contributed by atoms with Crippen molar-refractivity contribution < 1.29 is 4.79 Å². The Bertz CT molecular complexity index is 866. The van der Waals surface area contributed by atoms with Gasteiger partial charge in [0.1, 0.15) is 16.7 Å². The minimum atomic E-state index is -0.376. The lowest BCUT2D eigenvalue weighted by molar-refractivity contribution is 0.0929. The average Bonchev–Trinajstić information content (AvgIpc) is 3.04. The van der Waals surface area contributed by atoms with E-state index in [0.29, 0.717) is 5.82 Å². The Hall–Kier alpha value is -1.76. The highest BCUT2D eigenvalue weighted by Gasteiger charge is 2.21. The van der Waals surface area contributed by atoms with E-state index in [0.717, 1.165) is 23.2 Å². The van der Waals surface area contributed by atoms with E-state index in [1.54, 1.807) is 23.9 Å². The second-order valence-corrected chi connectivity index (χ2v) is 7.19. The van der Waals surface area contributed by atoms with Gasteiger partial charge in [-0.25, -0.2) is 9.97 Å². The number of hydrogen-bond acceptors (Lipinski definition) is 4. The Kier molecular flexibility index (Phi) is 5.83. The third-order valence-electron chi connectivity index (χ3n) is 3.68. The van der Waals surface area contributed by atoms with Gasteiger partial charge in [0.05, 0.1) is 22.1 Å². The molecule has 0 bridgehead atoms. The van der Waals surface area contributed by atoms with E-state index in [1.165, 1.54) is 0 Å². The maximum atomic E-state index is 12.6. The first-order chi connectivity index (χ1) is 12.1. The molecule has 0 saturated heterocycles. The van der Waals surface area contributed by atoms with Gasteiger partial charge in [-0.3, -0.25) is 4.79 Å². The predicted molar refractivity (Wildman–Crippen MR) is 104 cm³/mol. The lowest BCUT2D eigenvalue weighted by Crippen LogP contribution is -2.30. The van der Waals surface area contributed by atoms with Gasteiger partial charge in [0.2, 0.25) is 0 Å². The number of fused-ring (bicyclic) bond motifs is 1. The van der Waals surface area contributed by atoms with Gasteiger partial charge in [0.15, 0.2) is 0 Å². The van der Waals surface area contributed by atoms with Crippen LogP contribution in [0.25, 0.3) is 11.0 Å². The number of hydrogen-bond donors (Lipinski definition) is 2. The number of halogens is 2. The summed E-state index contributed by atoms with van der Waals surface area (Å²) in [5.74, 6) is 1.21. The van der Waals surface area contributed by atoms with E-state index in [2.05, 4.69) is 20.3 Å². The third-order valence-corrected chi connectivity index (χ3v) is 4.84. The molecule has 0 aliphatic heterocycles. The number of carbonyl (C=O) groups excluding carboxylic acids is 1. The van der Waals surface area contributed by atoms with Crippen LogP contribution in [0, 0.1) is 0 Å². The molecular formula is C17H16Cl2N4OS. The second kappa shape index (κ2) is 8.08. The molecule has 3 aromatic rings. The molecule has 1 aromatic carbocycles. The molecule has 8 heteroatoms. The summed E-state index contributed by atoms with van der Waals surface area (Å²) in [4.78, 5) is 24.5. The number of nitrogens with one attached hydrogen (secondary N) is 2. The lowest BCUT2D eigenvalue weighted by Gasteiger charge is -2.16. The van der Waals surface area contributed by atoms with Gasteiger partial charge in [-0.05, 0) is 42.7 Å². The molecule has 0 fully saturated rings. The van der Waals surface area contributed by atoms with Gasteiger partial charge in [0.25, 0.3) is 5.91 Å². The molecule has 2 aromatic heterocycles. The fourth-order valence-corrected chi connectivity index (χ4v) is 3.26. The van der Waals surface area contributed by atoms with Crippen molar-refractivity contribution in [2.75, 3.05) is 12.0 Å². The maximum Gasteiger partial charge on any atom is 0.272 e. The smallest absolute Gasteiger partial charge is 0.272 e. The predicted octanol–water partition coefficient (Wildman–Crippen LogP) is 4.49. The molecule has 0 radical (unpaired) electrons. The fraction of sp³-hybridized carbons (Fsp3) is 0.235. The normalized spacial score (nSPS) is 12.3. The quantitative estimate of drug-likeness (QED) is 0.604. The highest BCUT2D eigenvalue weighted by molar-refractivity contribution is 7.98. The van der Waals surface area contributed by atoms with Crippen molar-refractivity contribution in [2.45, 2.75) is 12.5 Å². The number of H-pyrrole nitrogens is 1. The van der Waals surface area contributed by atoms with Crippen molar-refractivity contribution in [1.82, 2.24) is 20.3 Å². The van der Waals surface area contributed by atoms with E-state index >= 15 is 0 Å². The zero-order valence-electron chi connectivity index (χ0n) is 13.4. The van der Waals surface area contributed by atoms with Crippen LogP contribution in [0.3, 0.4) is 0 Å². The first-order valence-electron chi connectivity index (χ1n) is 7.65. The zero-order chi connectivity index (χ0) is 17.8. The first kappa shape index (κ1) is 18.0. The van der Waals surface area contributed by atoms with E-state index in [1.807, 2.05) is 30.5 Å². The summed E-state index contributed by atoms with van der Waals surface area (Å²) >= 11 is 13.7. The Morgan fingerprint density at radius 1 is 1.24 bits per heavy atom. The fourth-order valence-electron chi connectivity index (χ4n) is 2.45. The van der Waals surface area contributed by atoms with E-state index in [4.69, 9.17) is 23.2 Å². The summed E-state index contributed by atoms with van der Waals surface area (Å²) in [6.45, 7) is 0. The van der Waals surface area contributed by atoms with Crippen LogP contribution in [-0.4, -0.2) is 32.9 Å². The Morgan fingerprint density at radius 2 is 2.04 bits per heavy atom. The van der Waals surface area contributed by atoms with E-state index in [-0.39, 0.29) is 27.8 Å². The van der Waals surface area contributed by atoms with Gasteiger partial charge in [0, 0.05) is 0 Å². The summed E-state index contributed by atoms with van der Waals surface area (Å²) in [5, 5.41) is 3.44. The van der Waals surface area contributed by atoms with Crippen LogP contribution in [-0.2, 0) is 0 Å². The summed E-state index contributed by atoms with van der Waals surface area (Å²) in [6, 6.07) is 10.6. The SMILES string of the molecule is CSCCC(NC(=O)c1nc(Cl)ccc1Cl)c1nc2ccccc2[nH]1. The number of rotatable bonds is 6. The molecule has 2 N–H and O–H groups in total. The summed E-state index contributed by atoms with van der Waals surface area (Å²) in [5.41, 5.74) is 1.90. The Labute approximate surface area is 159 Å². The number of nitrogens with zero attached hydrogens (tertiary/aromatic N) is 2. The Balaban J connectivity index is 1.87. The molecule has 1 unspecified atom stereocenters. The van der Waals surface area contributed by atoms with E-state index in [9.17, 15) is 4.79 Å². The number of para-hydroxylation sites is 2. The monoisotopic (exact) mass is 394 g/mol. The second-order valence-electron chi connectivity index (χ2n) is 5.41. The van der Waals surface area contributed by atoms with E-state index < -0.39 is 0 Å². The number of aromatic amines is 1. The number of amides is 1. The molecule has 0 aliphatic carbocycles. The van der Waals surface area contributed by atoms with Crippen molar-refractivity contribution in [3.05, 3.63) is 58.1 Å². The van der Waals surface area contributed by atoms with Crippen molar-refractivity contribution >= 4 is 51.9 Å². The highest BCUT2D eigenvalue weighted by atomic mass is 35.5. The topological polar surface area (TPSA) is 70.7 Å². The van der Waals surface area contributed by atoms with Crippen LogP contribution in [0.2, 0.25) is 10.2 Å². The molecule has 1 atom stereocenters. The number of thioether (sulfide) groups is 1. The molecule has 0 spiro atoms.